The van der Waals surface area contributed by atoms with Crippen molar-refractivity contribution in [2.24, 2.45) is 10.2 Å². The molecule has 0 amide bonds. The molecule has 0 spiro atoms. The van der Waals surface area contributed by atoms with Crippen molar-refractivity contribution in [1.82, 2.24) is 4.98 Å². The Morgan fingerprint density at radius 1 is 1.00 bits per heavy atom. The second-order valence-corrected chi connectivity index (χ2v) is 5.51. The van der Waals surface area contributed by atoms with E-state index in [1.165, 1.54) is 5.56 Å². The Balaban J connectivity index is 1.86. The molecule has 0 aliphatic carbocycles. The highest BCUT2D eigenvalue weighted by molar-refractivity contribution is 5.87. The lowest BCUT2D eigenvalue weighted by molar-refractivity contribution is 0.477. The molecule has 0 aliphatic heterocycles. The molecule has 23 heavy (non-hydrogen) atoms. The van der Waals surface area contributed by atoms with Crippen LogP contribution in [0.25, 0.3) is 10.8 Å². The van der Waals surface area contributed by atoms with Crippen LogP contribution in [0.4, 0.5) is 11.5 Å². The molecule has 116 valence electrons. The minimum Gasteiger partial charge on any atom is -0.506 e. The third kappa shape index (κ3) is 3.72. The van der Waals surface area contributed by atoms with Crippen LogP contribution in [0.2, 0.25) is 0 Å². The molecule has 3 rings (SSSR count). The number of rotatable bonds is 5. The van der Waals surface area contributed by atoms with Crippen LogP contribution in [0.3, 0.4) is 0 Å². The number of pyridine rings is 1. The topological polar surface area (TPSA) is 57.8 Å². The van der Waals surface area contributed by atoms with E-state index in [1.807, 2.05) is 42.5 Å². The molecule has 0 bridgehead atoms. The maximum absolute atomic E-state index is 10.1. The molecule has 0 aliphatic rings. The van der Waals surface area contributed by atoms with Gasteiger partial charge in [-0.15, -0.1) is 10.2 Å². The Morgan fingerprint density at radius 2 is 1.78 bits per heavy atom. The summed E-state index contributed by atoms with van der Waals surface area (Å²) in [5.74, 6) is 0.681. The largest absolute Gasteiger partial charge is 0.506 e. The smallest absolute Gasteiger partial charge is 0.174 e. The van der Waals surface area contributed by atoms with Crippen LogP contribution in [0.15, 0.2) is 65.0 Å². The van der Waals surface area contributed by atoms with Gasteiger partial charge in [0.15, 0.2) is 5.82 Å². The quantitative estimate of drug-likeness (QED) is 0.615. The van der Waals surface area contributed by atoms with Gasteiger partial charge in [-0.1, -0.05) is 37.6 Å². The number of aromatic nitrogens is 1. The van der Waals surface area contributed by atoms with Gasteiger partial charge < -0.3 is 5.11 Å². The molecule has 1 N–H and O–H groups in total. The number of nitrogens with zero attached hydrogens (tertiary/aromatic N) is 3. The van der Waals surface area contributed by atoms with Gasteiger partial charge in [0.05, 0.1) is 0 Å². The third-order valence-corrected chi connectivity index (χ3v) is 3.73. The first-order valence-corrected chi connectivity index (χ1v) is 7.84. The highest BCUT2D eigenvalue weighted by Crippen LogP contribution is 2.32. The lowest BCUT2D eigenvalue weighted by Crippen LogP contribution is -1.85. The molecule has 0 saturated heterocycles. The van der Waals surface area contributed by atoms with Gasteiger partial charge in [-0.25, -0.2) is 4.98 Å². The van der Waals surface area contributed by atoms with Gasteiger partial charge in [-0.3, -0.25) is 0 Å². The first-order chi connectivity index (χ1) is 11.3. The predicted molar refractivity (Wildman–Crippen MR) is 92.6 cm³/mol. The average Bonchev–Trinajstić information content (AvgIpc) is 2.58. The van der Waals surface area contributed by atoms with Crippen molar-refractivity contribution in [2.75, 3.05) is 0 Å². The molecule has 2 aromatic carbocycles. The lowest BCUT2D eigenvalue weighted by Gasteiger charge is -2.02. The van der Waals surface area contributed by atoms with Crippen LogP contribution in [0.5, 0.6) is 5.75 Å². The number of phenolic OH excluding ortho intramolecular Hbond substituents is 1. The van der Waals surface area contributed by atoms with Crippen molar-refractivity contribution in [3.05, 3.63) is 60.3 Å². The summed E-state index contributed by atoms with van der Waals surface area (Å²) in [5, 5.41) is 20.4. The highest BCUT2D eigenvalue weighted by atomic mass is 16.3. The van der Waals surface area contributed by atoms with Crippen molar-refractivity contribution >= 4 is 22.3 Å². The van der Waals surface area contributed by atoms with E-state index in [0.717, 1.165) is 30.0 Å². The van der Waals surface area contributed by atoms with E-state index >= 15 is 0 Å². The normalized spacial score (nSPS) is 11.3. The number of phenols is 1. The summed E-state index contributed by atoms with van der Waals surface area (Å²) in [6.45, 7) is 2.17. The maximum Gasteiger partial charge on any atom is 0.174 e. The van der Waals surface area contributed by atoms with E-state index in [2.05, 4.69) is 22.1 Å². The van der Waals surface area contributed by atoms with Gasteiger partial charge in [-0.2, -0.15) is 0 Å². The number of aryl methyl sites for hydroxylation is 1. The lowest BCUT2D eigenvalue weighted by atomic mass is 10.1. The molecule has 0 radical (unpaired) electrons. The van der Waals surface area contributed by atoms with Crippen LogP contribution in [0.1, 0.15) is 25.3 Å². The number of azo groups is 1. The number of hydrogen-bond donors (Lipinski definition) is 1. The number of benzene rings is 2. The molecule has 0 saturated carbocycles. The van der Waals surface area contributed by atoms with E-state index in [1.54, 1.807) is 12.3 Å². The van der Waals surface area contributed by atoms with Gasteiger partial charge in [0.2, 0.25) is 0 Å². The zero-order valence-electron chi connectivity index (χ0n) is 13.1. The second-order valence-electron chi connectivity index (χ2n) is 5.51. The van der Waals surface area contributed by atoms with Gasteiger partial charge in [-0.05, 0) is 53.4 Å². The number of aromatic hydroxyl groups is 1. The Hall–Kier alpha value is -2.75. The summed E-state index contributed by atoms with van der Waals surface area (Å²) >= 11 is 0. The van der Waals surface area contributed by atoms with Crippen LogP contribution in [0, 0.1) is 0 Å². The molecule has 4 nitrogen and oxygen atoms in total. The Kier molecular flexibility index (Phi) is 4.62. The molecule has 1 heterocycles. The summed E-state index contributed by atoms with van der Waals surface area (Å²) in [5.41, 5.74) is 1.66. The number of unbranched alkanes of at least 4 members (excludes halogenated alkanes) is 1. The third-order valence-electron chi connectivity index (χ3n) is 3.73. The van der Waals surface area contributed by atoms with Gasteiger partial charge in [0.25, 0.3) is 0 Å². The summed E-state index contributed by atoms with van der Waals surface area (Å²) in [6, 6.07) is 15.3. The van der Waals surface area contributed by atoms with Crippen molar-refractivity contribution < 1.29 is 5.11 Å². The predicted octanol–water partition coefficient (Wildman–Crippen LogP) is 5.70. The van der Waals surface area contributed by atoms with Gasteiger partial charge in [0, 0.05) is 6.20 Å². The molecular weight excluding hydrogens is 286 g/mol. The van der Waals surface area contributed by atoms with Crippen molar-refractivity contribution in [3.63, 3.8) is 0 Å². The molecule has 3 aromatic rings. The fourth-order valence-electron chi connectivity index (χ4n) is 2.45. The van der Waals surface area contributed by atoms with Crippen LogP contribution in [-0.4, -0.2) is 10.1 Å². The zero-order valence-corrected chi connectivity index (χ0v) is 13.1. The van der Waals surface area contributed by atoms with E-state index in [9.17, 15) is 5.11 Å². The van der Waals surface area contributed by atoms with Crippen molar-refractivity contribution in [2.45, 2.75) is 26.2 Å². The molecular formula is C19H19N3O. The van der Waals surface area contributed by atoms with Crippen LogP contribution >= 0.6 is 0 Å². The van der Waals surface area contributed by atoms with Crippen LogP contribution < -0.4 is 0 Å². The van der Waals surface area contributed by atoms with Gasteiger partial charge >= 0.3 is 0 Å². The number of hydrogen-bond acceptors (Lipinski definition) is 4. The van der Waals surface area contributed by atoms with Crippen LogP contribution in [-0.2, 0) is 6.42 Å². The van der Waals surface area contributed by atoms with E-state index in [4.69, 9.17) is 0 Å². The Labute approximate surface area is 135 Å². The van der Waals surface area contributed by atoms with Crippen molar-refractivity contribution in [1.29, 1.82) is 0 Å². The van der Waals surface area contributed by atoms with Crippen molar-refractivity contribution in [3.8, 4) is 5.75 Å². The number of fused-ring (bicyclic) bond motifs is 1. The minimum absolute atomic E-state index is 0.120. The summed E-state index contributed by atoms with van der Waals surface area (Å²) < 4.78 is 0. The fourth-order valence-corrected chi connectivity index (χ4v) is 2.45. The monoisotopic (exact) mass is 305 g/mol. The highest BCUT2D eigenvalue weighted by Gasteiger charge is 2.03. The summed E-state index contributed by atoms with van der Waals surface area (Å²) in [7, 11) is 0. The maximum atomic E-state index is 10.1. The molecule has 0 fully saturated rings. The van der Waals surface area contributed by atoms with Gasteiger partial charge in [0.1, 0.15) is 11.4 Å². The minimum atomic E-state index is 0.120. The average molecular weight is 305 g/mol. The fraction of sp³-hybridized carbons (Fsp3) is 0.211. The zero-order chi connectivity index (χ0) is 16.1. The molecule has 4 heteroatoms. The molecule has 0 atom stereocenters. The van der Waals surface area contributed by atoms with E-state index in [0.29, 0.717) is 11.5 Å². The van der Waals surface area contributed by atoms with E-state index < -0.39 is 0 Å². The SMILES string of the molecule is CCCCc1ccnc(N=Nc2cc3ccccc3cc2O)c1. The summed E-state index contributed by atoms with van der Waals surface area (Å²) in [6.07, 6.45) is 5.07. The Bertz CT molecular complexity index is 843. The Morgan fingerprint density at radius 3 is 2.57 bits per heavy atom. The molecule has 1 aromatic heterocycles. The standard InChI is InChI=1S/C19H19N3O/c1-2-3-6-14-9-10-20-19(11-14)22-21-17-12-15-7-4-5-8-16(15)13-18(17)23/h4-5,7-13,23H,2-3,6H2,1H3. The molecule has 0 unspecified atom stereocenters. The summed E-state index contributed by atoms with van der Waals surface area (Å²) in [4.78, 5) is 4.21. The van der Waals surface area contributed by atoms with E-state index in [-0.39, 0.29) is 5.75 Å². The first kappa shape index (κ1) is 15.2. The first-order valence-electron chi connectivity index (χ1n) is 7.84. The second kappa shape index (κ2) is 7.01.